The lowest BCUT2D eigenvalue weighted by atomic mass is 9.98. The van der Waals surface area contributed by atoms with Gasteiger partial charge in [-0.05, 0) is 31.4 Å². The van der Waals surface area contributed by atoms with E-state index >= 15 is 0 Å². The molecule has 0 spiro atoms. The molecule has 1 heterocycles. The van der Waals surface area contributed by atoms with Crippen LogP contribution < -0.4 is 0 Å². The lowest BCUT2D eigenvalue weighted by Gasteiger charge is -2.29. The molecule has 2 heteroatoms. The third kappa shape index (κ3) is 1.65. The smallest absolute Gasteiger partial charge is 0.0928 e. The van der Waals surface area contributed by atoms with E-state index in [1.54, 1.807) is 0 Å². The van der Waals surface area contributed by atoms with Gasteiger partial charge in [-0.25, -0.2) is 0 Å². The predicted molar refractivity (Wildman–Crippen MR) is 58.7 cm³/mol. The van der Waals surface area contributed by atoms with Crippen LogP contribution in [0.5, 0.6) is 0 Å². The second-order valence-corrected chi connectivity index (χ2v) is 4.03. The van der Waals surface area contributed by atoms with Gasteiger partial charge in [0, 0.05) is 13.1 Å². The van der Waals surface area contributed by atoms with Gasteiger partial charge in [-0.2, -0.15) is 0 Å². The zero-order chi connectivity index (χ0) is 10.1. The SMILES string of the molecule is CC(=N)N1CCc2cc(C)ccc2C1. The minimum Gasteiger partial charge on any atom is -0.356 e. The topological polar surface area (TPSA) is 27.1 Å². The van der Waals surface area contributed by atoms with Crippen LogP contribution in [-0.2, 0) is 13.0 Å². The van der Waals surface area contributed by atoms with Crippen molar-refractivity contribution in [2.45, 2.75) is 26.8 Å². The van der Waals surface area contributed by atoms with Crippen LogP contribution in [0.15, 0.2) is 18.2 Å². The maximum absolute atomic E-state index is 7.60. The summed E-state index contributed by atoms with van der Waals surface area (Å²) in [6.07, 6.45) is 1.08. The van der Waals surface area contributed by atoms with Gasteiger partial charge in [-0.3, -0.25) is 5.41 Å². The van der Waals surface area contributed by atoms with Gasteiger partial charge in [0.15, 0.2) is 0 Å². The first kappa shape index (κ1) is 9.25. The second-order valence-electron chi connectivity index (χ2n) is 4.03. The molecule has 2 nitrogen and oxygen atoms in total. The average Bonchev–Trinajstić information content (AvgIpc) is 2.16. The van der Waals surface area contributed by atoms with E-state index in [1.165, 1.54) is 16.7 Å². The second kappa shape index (κ2) is 3.45. The molecule has 2 rings (SSSR count). The number of aryl methyl sites for hydroxylation is 1. The fourth-order valence-corrected chi connectivity index (χ4v) is 1.97. The van der Waals surface area contributed by atoms with Crippen molar-refractivity contribution in [3.63, 3.8) is 0 Å². The predicted octanol–water partition coefficient (Wildman–Crippen LogP) is 2.35. The zero-order valence-corrected chi connectivity index (χ0v) is 8.80. The minimum atomic E-state index is 0.677. The van der Waals surface area contributed by atoms with Gasteiger partial charge in [0.05, 0.1) is 5.84 Å². The van der Waals surface area contributed by atoms with Gasteiger partial charge >= 0.3 is 0 Å². The molecule has 0 aromatic heterocycles. The molecule has 14 heavy (non-hydrogen) atoms. The van der Waals surface area contributed by atoms with E-state index in [0.717, 1.165) is 19.5 Å². The molecule has 0 amide bonds. The summed E-state index contributed by atoms with van der Waals surface area (Å²) in [6, 6.07) is 6.62. The Morgan fingerprint density at radius 3 is 2.86 bits per heavy atom. The maximum atomic E-state index is 7.60. The Morgan fingerprint density at radius 2 is 2.14 bits per heavy atom. The molecule has 0 saturated carbocycles. The molecule has 0 radical (unpaired) electrons. The van der Waals surface area contributed by atoms with Gasteiger partial charge in [-0.1, -0.05) is 23.8 Å². The summed E-state index contributed by atoms with van der Waals surface area (Å²) in [4.78, 5) is 2.12. The summed E-state index contributed by atoms with van der Waals surface area (Å²) in [7, 11) is 0. The summed E-state index contributed by atoms with van der Waals surface area (Å²) in [5.74, 6) is 0.677. The first-order chi connectivity index (χ1) is 6.66. The highest BCUT2D eigenvalue weighted by atomic mass is 15.2. The van der Waals surface area contributed by atoms with E-state index in [0.29, 0.717) is 5.84 Å². The van der Waals surface area contributed by atoms with E-state index in [9.17, 15) is 0 Å². The maximum Gasteiger partial charge on any atom is 0.0928 e. The third-order valence-electron chi connectivity index (χ3n) is 2.85. The van der Waals surface area contributed by atoms with Crippen LogP contribution in [0, 0.1) is 12.3 Å². The first-order valence-electron chi connectivity index (χ1n) is 5.05. The Morgan fingerprint density at radius 1 is 1.36 bits per heavy atom. The van der Waals surface area contributed by atoms with Crippen molar-refractivity contribution in [2.75, 3.05) is 6.54 Å². The molecule has 1 aromatic rings. The Bertz CT molecular complexity index is 369. The Kier molecular flexibility index (Phi) is 2.28. The number of nitrogens with zero attached hydrogens (tertiary/aromatic N) is 1. The molecular formula is C12H16N2. The highest BCUT2D eigenvalue weighted by Gasteiger charge is 2.15. The van der Waals surface area contributed by atoms with Crippen molar-refractivity contribution in [1.29, 1.82) is 5.41 Å². The van der Waals surface area contributed by atoms with E-state index in [2.05, 4.69) is 30.0 Å². The van der Waals surface area contributed by atoms with E-state index in [1.807, 2.05) is 6.92 Å². The molecule has 0 fully saturated rings. The number of hydrogen-bond donors (Lipinski definition) is 1. The molecule has 0 unspecified atom stereocenters. The molecule has 0 atom stereocenters. The van der Waals surface area contributed by atoms with Crippen LogP contribution in [0.3, 0.4) is 0 Å². The zero-order valence-electron chi connectivity index (χ0n) is 8.80. The summed E-state index contributed by atoms with van der Waals surface area (Å²) >= 11 is 0. The van der Waals surface area contributed by atoms with Crippen LogP contribution in [0.4, 0.5) is 0 Å². The Hall–Kier alpha value is -1.31. The standard InChI is InChI=1S/C12H16N2/c1-9-3-4-12-8-14(10(2)13)6-5-11(12)7-9/h3-4,7,13H,5-6,8H2,1-2H3. The lowest BCUT2D eigenvalue weighted by molar-refractivity contribution is 0.389. The molecular weight excluding hydrogens is 172 g/mol. The van der Waals surface area contributed by atoms with E-state index < -0.39 is 0 Å². The lowest BCUT2D eigenvalue weighted by Crippen LogP contribution is -2.33. The normalized spacial score (nSPS) is 15.1. The van der Waals surface area contributed by atoms with Crippen molar-refractivity contribution in [3.8, 4) is 0 Å². The van der Waals surface area contributed by atoms with Crippen LogP contribution in [-0.4, -0.2) is 17.3 Å². The number of amidine groups is 1. The number of benzene rings is 1. The quantitative estimate of drug-likeness (QED) is 0.491. The van der Waals surface area contributed by atoms with Crippen molar-refractivity contribution in [1.82, 2.24) is 4.90 Å². The molecule has 74 valence electrons. The first-order valence-corrected chi connectivity index (χ1v) is 5.05. The largest absolute Gasteiger partial charge is 0.356 e. The van der Waals surface area contributed by atoms with Gasteiger partial charge in [-0.15, -0.1) is 0 Å². The fourth-order valence-electron chi connectivity index (χ4n) is 1.97. The molecule has 0 saturated heterocycles. The van der Waals surface area contributed by atoms with Crippen LogP contribution in [0.1, 0.15) is 23.6 Å². The van der Waals surface area contributed by atoms with Gasteiger partial charge in [0.25, 0.3) is 0 Å². The monoisotopic (exact) mass is 188 g/mol. The molecule has 1 aliphatic heterocycles. The van der Waals surface area contributed by atoms with Crippen LogP contribution >= 0.6 is 0 Å². The average molecular weight is 188 g/mol. The highest BCUT2D eigenvalue weighted by molar-refractivity contribution is 5.76. The van der Waals surface area contributed by atoms with E-state index in [-0.39, 0.29) is 0 Å². The van der Waals surface area contributed by atoms with Crippen LogP contribution in [0.25, 0.3) is 0 Å². The van der Waals surface area contributed by atoms with E-state index in [4.69, 9.17) is 5.41 Å². The highest BCUT2D eigenvalue weighted by Crippen LogP contribution is 2.19. The minimum absolute atomic E-state index is 0.677. The van der Waals surface area contributed by atoms with Crippen molar-refractivity contribution >= 4 is 5.84 Å². The molecule has 1 N–H and O–H groups in total. The van der Waals surface area contributed by atoms with Crippen LogP contribution in [0.2, 0.25) is 0 Å². The Labute approximate surface area is 85.1 Å². The number of nitrogens with one attached hydrogen (secondary N) is 1. The van der Waals surface area contributed by atoms with Crippen molar-refractivity contribution < 1.29 is 0 Å². The number of hydrogen-bond acceptors (Lipinski definition) is 1. The summed E-state index contributed by atoms with van der Waals surface area (Å²) in [5.41, 5.74) is 4.18. The number of fused-ring (bicyclic) bond motifs is 1. The summed E-state index contributed by atoms with van der Waals surface area (Å²) < 4.78 is 0. The fraction of sp³-hybridized carbons (Fsp3) is 0.417. The third-order valence-corrected chi connectivity index (χ3v) is 2.85. The Balaban J connectivity index is 2.27. The van der Waals surface area contributed by atoms with Gasteiger partial charge in [0.1, 0.15) is 0 Å². The molecule has 1 aromatic carbocycles. The molecule has 0 bridgehead atoms. The number of rotatable bonds is 0. The molecule has 0 aliphatic carbocycles. The van der Waals surface area contributed by atoms with Crippen molar-refractivity contribution in [3.05, 3.63) is 34.9 Å². The summed E-state index contributed by atoms with van der Waals surface area (Å²) in [6.45, 7) is 5.89. The molecule has 1 aliphatic rings. The summed E-state index contributed by atoms with van der Waals surface area (Å²) in [5, 5.41) is 7.60. The van der Waals surface area contributed by atoms with Gasteiger partial charge < -0.3 is 4.90 Å². The van der Waals surface area contributed by atoms with Gasteiger partial charge in [0.2, 0.25) is 0 Å². The van der Waals surface area contributed by atoms with Crippen molar-refractivity contribution in [2.24, 2.45) is 0 Å².